The molecule has 3 rings (SSSR count). The first-order valence-electron chi connectivity index (χ1n) is 9.49. The minimum atomic E-state index is -4.08. The fourth-order valence-electron chi connectivity index (χ4n) is 2.99. The molecule has 0 saturated heterocycles. The number of pyridine rings is 1. The number of hydrogen-bond donors (Lipinski definition) is 2. The molecule has 3 aromatic rings. The van der Waals surface area contributed by atoms with E-state index in [1.165, 1.54) is 18.2 Å². The van der Waals surface area contributed by atoms with Gasteiger partial charge in [-0.3, -0.25) is 9.78 Å². The fourth-order valence-corrected chi connectivity index (χ4v) is 4.01. The Morgan fingerprint density at radius 2 is 1.70 bits per heavy atom. The largest absolute Gasteiger partial charge is 0.399 e. The summed E-state index contributed by atoms with van der Waals surface area (Å²) >= 11 is 0. The minimum Gasteiger partial charge on any atom is -0.399 e. The second-order valence-electron chi connectivity index (χ2n) is 8.22. The van der Waals surface area contributed by atoms with E-state index in [0.717, 1.165) is 16.8 Å². The molecule has 1 aromatic heterocycles. The van der Waals surface area contributed by atoms with Crippen molar-refractivity contribution in [3.8, 4) is 11.3 Å². The van der Waals surface area contributed by atoms with Crippen LogP contribution in [-0.2, 0) is 15.4 Å². The summed E-state index contributed by atoms with van der Waals surface area (Å²) < 4.78 is 27.5. The Hall–Kier alpha value is -3.19. The molecular weight excluding hydrogens is 398 g/mol. The number of amides is 1. The number of nitrogen functional groups attached to an aromatic ring is 1. The number of benzene rings is 2. The Morgan fingerprint density at radius 1 is 1.00 bits per heavy atom. The molecule has 0 fully saturated rings. The number of carbonyl (C=O) groups is 1. The zero-order valence-electron chi connectivity index (χ0n) is 17.4. The second-order valence-corrected chi connectivity index (χ2v) is 9.90. The predicted octanol–water partition coefficient (Wildman–Crippen LogP) is 4.06. The topological polar surface area (TPSA) is 102 Å². The maximum atomic E-state index is 13.0. The maximum absolute atomic E-state index is 13.0. The molecule has 2 aromatic carbocycles. The first-order valence-corrected chi connectivity index (χ1v) is 11.0. The van der Waals surface area contributed by atoms with Crippen LogP contribution in [0.1, 0.15) is 42.4 Å². The van der Waals surface area contributed by atoms with Crippen LogP contribution in [0.4, 0.5) is 5.69 Å². The van der Waals surface area contributed by atoms with Gasteiger partial charge in [0.2, 0.25) is 0 Å². The van der Waals surface area contributed by atoms with Gasteiger partial charge in [0.25, 0.3) is 15.9 Å². The highest BCUT2D eigenvalue weighted by atomic mass is 32.2. The highest BCUT2D eigenvalue weighted by molar-refractivity contribution is 7.90. The first-order chi connectivity index (χ1) is 14.0. The molecule has 0 aliphatic rings. The van der Waals surface area contributed by atoms with Crippen LogP contribution in [0.2, 0.25) is 0 Å². The smallest absolute Gasteiger partial charge is 0.267 e. The molecule has 6 nitrogen and oxygen atoms in total. The lowest BCUT2D eigenvalue weighted by molar-refractivity contribution is 0.0981. The number of nitrogens with one attached hydrogen (secondary N) is 1. The summed E-state index contributed by atoms with van der Waals surface area (Å²) in [5, 5.41) is 0. The molecule has 0 aliphatic heterocycles. The molecule has 156 valence electrons. The average Bonchev–Trinajstić information content (AvgIpc) is 2.66. The van der Waals surface area contributed by atoms with Crippen molar-refractivity contribution >= 4 is 21.6 Å². The van der Waals surface area contributed by atoms with Crippen LogP contribution in [-0.4, -0.2) is 19.3 Å². The van der Waals surface area contributed by atoms with Crippen molar-refractivity contribution in [2.75, 3.05) is 5.73 Å². The van der Waals surface area contributed by atoms with E-state index in [9.17, 15) is 13.2 Å². The minimum absolute atomic E-state index is 0.0766. The summed E-state index contributed by atoms with van der Waals surface area (Å²) in [5.74, 6) is -0.748. The van der Waals surface area contributed by atoms with Gasteiger partial charge in [-0.15, -0.1) is 0 Å². The van der Waals surface area contributed by atoms with Crippen LogP contribution in [0.25, 0.3) is 11.3 Å². The van der Waals surface area contributed by atoms with Gasteiger partial charge in [-0.1, -0.05) is 50.6 Å². The third-order valence-corrected chi connectivity index (χ3v) is 5.92. The molecule has 1 amide bonds. The molecule has 0 radical (unpaired) electrons. The van der Waals surface area contributed by atoms with Gasteiger partial charge in [-0.2, -0.15) is 0 Å². The van der Waals surface area contributed by atoms with Gasteiger partial charge >= 0.3 is 0 Å². The zero-order chi connectivity index (χ0) is 22.1. The fraction of sp³-hybridized carbons (Fsp3) is 0.217. The predicted molar refractivity (Wildman–Crippen MR) is 119 cm³/mol. The maximum Gasteiger partial charge on any atom is 0.267 e. The summed E-state index contributed by atoms with van der Waals surface area (Å²) in [5.41, 5.74) is 8.91. The number of aryl methyl sites for hydroxylation is 1. The van der Waals surface area contributed by atoms with Crippen LogP contribution in [0.5, 0.6) is 0 Å². The van der Waals surface area contributed by atoms with Crippen molar-refractivity contribution < 1.29 is 13.2 Å². The van der Waals surface area contributed by atoms with Crippen LogP contribution in [0.3, 0.4) is 0 Å². The zero-order valence-corrected chi connectivity index (χ0v) is 18.2. The molecule has 0 saturated carbocycles. The molecule has 7 heteroatoms. The highest BCUT2D eigenvalue weighted by Crippen LogP contribution is 2.28. The Balaban J connectivity index is 2.07. The van der Waals surface area contributed by atoms with E-state index in [1.54, 1.807) is 18.2 Å². The monoisotopic (exact) mass is 423 g/mol. The quantitative estimate of drug-likeness (QED) is 0.616. The normalized spacial score (nSPS) is 11.9. The van der Waals surface area contributed by atoms with E-state index in [1.807, 2.05) is 52.0 Å². The SMILES string of the molecule is Cc1cccc(-c2nc(C(C)(C)C)ccc2C(=O)NS(=O)(=O)c2cccc(N)c2)c1. The van der Waals surface area contributed by atoms with Crippen molar-refractivity contribution in [3.05, 3.63) is 77.5 Å². The average molecular weight is 424 g/mol. The van der Waals surface area contributed by atoms with Crippen molar-refractivity contribution in [1.82, 2.24) is 9.71 Å². The molecular formula is C23H25N3O3S. The number of rotatable bonds is 4. The van der Waals surface area contributed by atoms with Crippen molar-refractivity contribution in [3.63, 3.8) is 0 Å². The molecule has 0 aliphatic carbocycles. The van der Waals surface area contributed by atoms with Gasteiger partial charge in [0.1, 0.15) is 0 Å². The number of nitrogens with zero attached hydrogens (tertiary/aromatic N) is 1. The number of nitrogens with two attached hydrogens (primary N) is 1. The molecule has 30 heavy (non-hydrogen) atoms. The Bertz CT molecular complexity index is 1210. The van der Waals surface area contributed by atoms with Gasteiger partial charge in [-0.05, 0) is 43.3 Å². The molecule has 0 bridgehead atoms. The van der Waals surface area contributed by atoms with Crippen molar-refractivity contribution in [2.24, 2.45) is 0 Å². The van der Waals surface area contributed by atoms with E-state index < -0.39 is 15.9 Å². The third kappa shape index (κ3) is 4.68. The Kier molecular flexibility index (Phi) is 5.67. The van der Waals surface area contributed by atoms with Gasteiger partial charge < -0.3 is 5.73 Å². The first kappa shape index (κ1) is 21.5. The standard InChI is InChI=1S/C23H25N3O3S/c1-15-7-5-8-16(13-15)21-19(11-12-20(25-21)23(2,3)4)22(27)26-30(28,29)18-10-6-9-17(24)14-18/h5-14H,24H2,1-4H3,(H,26,27). The van der Waals surface area contributed by atoms with Gasteiger partial charge in [0.05, 0.1) is 16.2 Å². The van der Waals surface area contributed by atoms with Gasteiger partial charge in [-0.25, -0.2) is 13.1 Å². The number of hydrogen-bond acceptors (Lipinski definition) is 5. The molecule has 3 N–H and O–H groups in total. The molecule has 0 unspecified atom stereocenters. The summed E-state index contributed by atoms with van der Waals surface area (Å²) in [6, 6.07) is 16.7. The Morgan fingerprint density at radius 3 is 2.33 bits per heavy atom. The van der Waals surface area contributed by atoms with Gasteiger partial charge in [0, 0.05) is 22.4 Å². The van der Waals surface area contributed by atoms with E-state index in [4.69, 9.17) is 10.7 Å². The Labute approximate surface area is 177 Å². The van der Waals surface area contributed by atoms with E-state index in [0.29, 0.717) is 11.4 Å². The number of anilines is 1. The lowest BCUT2D eigenvalue weighted by atomic mass is 9.90. The van der Waals surface area contributed by atoms with Crippen molar-refractivity contribution in [2.45, 2.75) is 38.0 Å². The summed E-state index contributed by atoms with van der Waals surface area (Å²) in [6.45, 7) is 8.03. The van der Waals surface area contributed by atoms with E-state index in [-0.39, 0.29) is 15.9 Å². The highest BCUT2D eigenvalue weighted by Gasteiger charge is 2.24. The van der Waals surface area contributed by atoms with Crippen LogP contribution < -0.4 is 10.5 Å². The molecule has 1 heterocycles. The lowest BCUT2D eigenvalue weighted by Gasteiger charge is -2.20. The summed E-state index contributed by atoms with van der Waals surface area (Å²) in [4.78, 5) is 17.6. The van der Waals surface area contributed by atoms with Crippen LogP contribution in [0.15, 0.2) is 65.6 Å². The van der Waals surface area contributed by atoms with Crippen LogP contribution in [0, 0.1) is 6.92 Å². The van der Waals surface area contributed by atoms with Gasteiger partial charge in [0.15, 0.2) is 0 Å². The molecule has 0 spiro atoms. The van der Waals surface area contributed by atoms with E-state index in [2.05, 4.69) is 4.72 Å². The second kappa shape index (κ2) is 7.91. The summed E-state index contributed by atoms with van der Waals surface area (Å²) in [6.07, 6.45) is 0. The van der Waals surface area contributed by atoms with Crippen molar-refractivity contribution in [1.29, 1.82) is 0 Å². The van der Waals surface area contributed by atoms with Crippen LogP contribution >= 0.6 is 0 Å². The number of aromatic nitrogens is 1. The summed E-state index contributed by atoms with van der Waals surface area (Å²) in [7, 11) is -4.08. The molecule has 0 atom stereocenters. The number of sulfonamides is 1. The lowest BCUT2D eigenvalue weighted by Crippen LogP contribution is -2.31. The number of carbonyl (C=O) groups excluding carboxylic acids is 1. The van der Waals surface area contributed by atoms with E-state index >= 15 is 0 Å². The third-order valence-electron chi connectivity index (χ3n) is 4.60.